The summed E-state index contributed by atoms with van der Waals surface area (Å²) in [6, 6.07) is 5.01. The molecule has 0 aliphatic carbocycles. The minimum Gasteiger partial charge on any atom is -0.312 e. The Kier molecular flexibility index (Phi) is 6.04. The topological polar surface area (TPSA) is 72.7 Å². The molecule has 1 atom stereocenters. The van der Waals surface area contributed by atoms with Gasteiger partial charge in [0.2, 0.25) is 5.91 Å². The monoisotopic (exact) mass is 427 g/mol. The number of anilines is 1. The SMILES string of the molecule is CC(Sc1nncn1C)C(=O)Nc1ncc(Cc2ccc(C(F)(F)F)cc2)s1. The van der Waals surface area contributed by atoms with Crippen molar-refractivity contribution in [1.29, 1.82) is 0 Å². The molecule has 2 aromatic heterocycles. The average molecular weight is 427 g/mol. The predicted octanol–water partition coefficient (Wildman–Crippen LogP) is 4.00. The number of halogens is 3. The molecule has 148 valence electrons. The molecular weight excluding hydrogens is 411 g/mol. The minimum atomic E-state index is -4.35. The van der Waals surface area contributed by atoms with Gasteiger partial charge in [-0.1, -0.05) is 23.9 Å². The summed E-state index contributed by atoms with van der Waals surface area (Å²) in [7, 11) is 1.79. The van der Waals surface area contributed by atoms with Crippen molar-refractivity contribution in [3.05, 3.63) is 52.8 Å². The highest BCUT2D eigenvalue weighted by atomic mass is 32.2. The molecule has 3 rings (SSSR count). The number of hydrogen-bond acceptors (Lipinski definition) is 6. The second kappa shape index (κ2) is 8.31. The summed E-state index contributed by atoms with van der Waals surface area (Å²) in [4.78, 5) is 17.3. The number of rotatable bonds is 6. The summed E-state index contributed by atoms with van der Waals surface area (Å²) in [5.41, 5.74) is 0.0589. The van der Waals surface area contributed by atoms with Gasteiger partial charge in [-0.2, -0.15) is 13.2 Å². The van der Waals surface area contributed by atoms with Crippen LogP contribution in [0.4, 0.5) is 18.3 Å². The first kappa shape index (κ1) is 20.3. The minimum absolute atomic E-state index is 0.219. The third kappa shape index (κ3) is 5.10. The summed E-state index contributed by atoms with van der Waals surface area (Å²) < 4.78 is 39.6. The van der Waals surface area contributed by atoms with E-state index in [1.165, 1.54) is 35.2 Å². The third-order valence-corrected chi connectivity index (χ3v) is 5.83. The molecule has 1 unspecified atom stereocenters. The molecule has 0 aliphatic rings. The normalized spacial score (nSPS) is 12.8. The van der Waals surface area contributed by atoms with E-state index in [0.29, 0.717) is 16.7 Å². The lowest BCUT2D eigenvalue weighted by Gasteiger charge is -2.09. The van der Waals surface area contributed by atoms with E-state index in [4.69, 9.17) is 0 Å². The maximum absolute atomic E-state index is 12.6. The Labute approximate surface area is 167 Å². The van der Waals surface area contributed by atoms with E-state index in [2.05, 4.69) is 20.5 Å². The largest absolute Gasteiger partial charge is 0.416 e. The van der Waals surface area contributed by atoms with Gasteiger partial charge in [0.25, 0.3) is 0 Å². The van der Waals surface area contributed by atoms with E-state index in [0.717, 1.165) is 22.6 Å². The van der Waals surface area contributed by atoms with Crippen molar-refractivity contribution < 1.29 is 18.0 Å². The summed E-state index contributed by atoms with van der Waals surface area (Å²) in [6.45, 7) is 1.76. The van der Waals surface area contributed by atoms with E-state index in [-0.39, 0.29) is 5.91 Å². The smallest absolute Gasteiger partial charge is 0.312 e. The quantitative estimate of drug-likeness (QED) is 0.602. The lowest BCUT2D eigenvalue weighted by Crippen LogP contribution is -2.22. The van der Waals surface area contributed by atoms with Crippen LogP contribution in [0, 0.1) is 0 Å². The second-order valence-electron chi connectivity index (χ2n) is 5.98. The molecule has 3 aromatic rings. The molecule has 1 aromatic carbocycles. The van der Waals surface area contributed by atoms with Crippen LogP contribution in [0.2, 0.25) is 0 Å². The zero-order valence-corrected chi connectivity index (χ0v) is 16.5. The highest BCUT2D eigenvalue weighted by Gasteiger charge is 2.29. The zero-order chi connectivity index (χ0) is 20.3. The third-order valence-electron chi connectivity index (χ3n) is 3.76. The Hall–Kier alpha value is -2.40. The molecule has 1 N–H and O–H groups in total. The molecule has 0 fully saturated rings. The lowest BCUT2D eigenvalue weighted by molar-refractivity contribution is -0.137. The van der Waals surface area contributed by atoms with Crippen LogP contribution >= 0.6 is 23.1 Å². The van der Waals surface area contributed by atoms with Crippen molar-refractivity contribution in [1.82, 2.24) is 19.7 Å². The molecular formula is C17H16F3N5OS2. The van der Waals surface area contributed by atoms with Gasteiger partial charge in [0.15, 0.2) is 10.3 Å². The van der Waals surface area contributed by atoms with E-state index in [9.17, 15) is 18.0 Å². The van der Waals surface area contributed by atoms with Gasteiger partial charge >= 0.3 is 6.18 Å². The van der Waals surface area contributed by atoms with Crippen molar-refractivity contribution in [3.63, 3.8) is 0 Å². The number of amides is 1. The van der Waals surface area contributed by atoms with E-state index < -0.39 is 17.0 Å². The molecule has 0 saturated heterocycles. The average Bonchev–Trinajstić information content (AvgIpc) is 3.24. The number of benzene rings is 1. The fourth-order valence-corrected chi connectivity index (χ4v) is 3.90. The Morgan fingerprint density at radius 3 is 2.64 bits per heavy atom. The number of aryl methyl sites for hydroxylation is 1. The van der Waals surface area contributed by atoms with Crippen molar-refractivity contribution in [3.8, 4) is 0 Å². The van der Waals surface area contributed by atoms with Crippen LogP contribution in [-0.2, 0) is 24.4 Å². The van der Waals surface area contributed by atoms with E-state index >= 15 is 0 Å². The summed E-state index contributed by atoms with van der Waals surface area (Å²) in [5, 5.41) is 11.1. The predicted molar refractivity (Wildman–Crippen MR) is 101 cm³/mol. The Balaban J connectivity index is 1.57. The van der Waals surface area contributed by atoms with Crippen molar-refractivity contribution in [2.75, 3.05) is 5.32 Å². The van der Waals surface area contributed by atoms with Gasteiger partial charge in [0.05, 0.1) is 10.8 Å². The van der Waals surface area contributed by atoms with Gasteiger partial charge in [-0.05, 0) is 24.6 Å². The first-order valence-electron chi connectivity index (χ1n) is 8.14. The number of hydrogen-bond donors (Lipinski definition) is 1. The maximum Gasteiger partial charge on any atom is 0.416 e. The maximum atomic E-state index is 12.6. The number of nitrogens with zero attached hydrogens (tertiary/aromatic N) is 4. The van der Waals surface area contributed by atoms with Gasteiger partial charge in [-0.25, -0.2) is 4.98 Å². The number of carbonyl (C=O) groups is 1. The molecule has 0 radical (unpaired) electrons. The molecule has 11 heteroatoms. The second-order valence-corrected chi connectivity index (χ2v) is 8.40. The van der Waals surface area contributed by atoms with E-state index in [1.54, 1.807) is 31.1 Å². The number of carbonyl (C=O) groups excluding carboxylic acids is 1. The Morgan fingerprint density at radius 1 is 1.32 bits per heavy atom. The lowest BCUT2D eigenvalue weighted by atomic mass is 10.1. The molecule has 0 saturated carbocycles. The number of thioether (sulfide) groups is 1. The fourth-order valence-electron chi connectivity index (χ4n) is 2.26. The standard InChI is InChI=1S/C17H16F3N5OS2/c1-10(27-16-24-22-9-25(16)2)14(26)23-15-21-8-13(28-15)7-11-3-5-12(6-4-11)17(18,19)20/h3-6,8-10H,7H2,1-2H3,(H,21,23,26). The summed E-state index contributed by atoms with van der Waals surface area (Å²) >= 11 is 2.57. The van der Waals surface area contributed by atoms with E-state index in [1.807, 2.05) is 0 Å². The Morgan fingerprint density at radius 2 is 2.04 bits per heavy atom. The molecule has 0 aliphatic heterocycles. The number of aromatic nitrogens is 4. The molecule has 0 spiro atoms. The van der Waals surface area contributed by atoms with Crippen LogP contribution < -0.4 is 5.32 Å². The van der Waals surface area contributed by atoms with Gasteiger partial charge in [-0.3, -0.25) is 4.79 Å². The number of alkyl halides is 3. The van der Waals surface area contributed by atoms with Crippen molar-refractivity contribution in [2.24, 2.45) is 7.05 Å². The zero-order valence-electron chi connectivity index (χ0n) is 14.9. The molecule has 1 amide bonds. The van der Waals surface area contributed by atoms with Crippen LogP contribution in [0.3, 0.4) is 0 Å². The molecule has 28 heavy (non-hydrogen) atoms. The first-order chi connectivity index (χ1) is 13.2. The van der Waals surface area contributed by atoms with Gasteiger partial charge < -0.3 is 9.88 Å². The molecule has 2 heterocycles. The molecule has 0 bridgehead atoms. The summed E-state index contributed by atoms with van der Waals surface area (Å²) in [5.74, 6) is -0.219. The van der Waals surface area contributed by atoms with Crippen LogP contribution in [0.15, 0.2) is 41.9 Å². The highest BCUT2D eigenvalue weighted by Crippen LogP contribution is 2.30. The Bertz CT molecular complexity index is 952. The van der Waals surface area contributed by atoms with Gasteiger partial charge in [0, 0.05) is 24.5 Å². The first-order valence-corrected chi connectivity index (χ1v) is 9.84. The van der Waals surface area contributed by atoms with Crippen LogP contribution in [0.5, 0.6) is 0 Å². The fraction of sp³-hybridized carbons (Fsp3) is 0.294. The van der Waals surface area contributed by atoms with Crippen molar-refractivity contribution in [2.45, 2.75) is 29.9 Å². The van der Waals surface area contributed by atoms with Gasteiger partial charge in [-0.15, -0.1) is 21.5 Å². The molecule has 6 nitrogen and oxygen atoms in total. The number of nitrogens with one attached hydrogen (secondary N) is 1. The highest BCUT2D eigenvalue weighted by molar-refractivity contribution is 8.00. The summed E-state index contributed by atoms with van der Waals surface area (Å²) in [6.07, 6.45) is -0.741. The van der Waals surface area contributed by atoms with Gasteiger partial charge in [0.1, 0.15) is 6.33 Å². The number of thiazole rings is 1. The van der Waals surface area contributed by atoms with Crippen LogP contribution in [-0.4, -0.2) is 30.9 Å². The van der Waals surface area contributed by atoms with Crippen molar-refractivity contribution >= 4 is 34.1 Å². The van der Waals surface area contributed by atoms with Crippen LogP contribution in [0.1, 0.15) is 22.9 Å². The van der Waals surface area contributed by atoms with Crippen LogP contribution in [0.25, 0.3) is 0 Å².